The summed E-state index contributed by atoms with van der Waals surface area (Å²) in [5.41, 5.74) is 6.42. The quantitative estimate of drug-likeness (QED) is 0.796. The molecular weight excluding hydrogens is 317 g/mol. The Hall–Kier alpha value is -2.51. The van der Waals surface area contributed by atoms with Crippen LogP contribution in [-0.2, 0) is 16.6 Å². The van der Waals surface area contributed by atoms with Crippen LogP contribution in [0.4, 0.5) is 4.39 Å². The molecule has 0 atom stereocenters. The third kappa shape index (κ3) is 2.76. The molecular formula is C16H14FN3O2S. The molecule has 0 unspecified atom stereocenters. The molecule has 0 aliphatic heterocycles. The Kier molecular flexibility index (Phi) is 3.97. The Morgan fingerprint density at radius 3 is 2.61 bits per heavy atom. The summed E-state index contributed by atoms with van der Waals surface area (Å²) < 4.78 is 40.8. The molecule has 3 rings (SSSR count). The van der Waals surface area contributed by atoms with Crippen molar-refractivity contribution < 1.29 is 12.8 Å². The summed E-state index contributed by atoms with van der Waals surface area (Å²) >= 11 is 0. The fraction of sp³-hybridized carbons (Fsp3) is 0.0625. The van der Waals surface area contributed by atoms with Gasteiger partial charge in [-0.15, -0.1) is 0 Å². The number of hydrogen-bond donors (Lipinski definition) is 1. The van der Waals surface area contributed by atoms with E-state index < -0.39 is 15.8 Å². The monoisotopic (exact) mass is 331 g/mol. The number of rotatable bonds is 4. The first kappa shape index (κ1) is 15.4. The lowest BCUT2D eigenvalue weighted by Gasteiger charge is -2.11. The van der Waals surface area contributed by atoms with Crippen LogP contribution in [0.2, 0.25) is 0 Å². The lowest BCUT2D eigenvalue weighted by atomic mass is 10.1. The van der Waals surface area contributed by atoms with E-state index in [-0.39, 0.29) is 22.7 Å². The van der Waals surface area contributed by atoms with E-state index in [0.29, 0.717) is 5.56 Å². The van der Waals surface area contributed by atoms with Crippen LogP contribution in [0.1, 0.15) is 5.56 Å². The molecule has 2 heterocycles. The molecule has 23 heavy (non-hydrogen) atoms. The van der Waals surface area contributed by atoms with Crippen LogP contribution in [0, 0.1) is 5.82 Å². The normalized spacial score (nSPS) is 11.6. The van der Waals surface area contributed by atoms with Crippen molar-refractivity contribution in [2.45, 2.75) is 11.4 Å². The summed E-state index contributed by atoms with van der Waals surface area (Å²) in [6, 6.07) is 10.5. The zero-order valence-electron chi connectivity index (χ0n) is 12.1. The van der Waals surface area contributed by atoms with Crippen molar-refractivity contribution in [2.24, 2.45) is 5.73 Å². The minimum absolute atomic E-state index is 0.0655. The topological polar surface area (TPSA) is 78.0 Å². The van der Waals surface area contributed by atoms with Gasteiger partial charge >= 0.3 is 0 Å². The maximum Gasteiger partial charge on any atom is 0.269 e. The van der Waals surface area contributed by atoms with Crippen molar-refractivity contribution in [3.63, 3.8) is 0 Å². The fourth-order valence-electron chi connectivity index (χ4n) is 2.26. The van der Waals surface area contributed by atoms with Gasteiger partial charge in [-0.1, -0.05) is 12.1 Å². The van der Waals surface area contributed by atoms with E-state index in [0.717, 1.165) is 3.97 Å². The molecule has 0 saturated carbocycles. The maximum atomic E-state index is 14.0. The molecule has 0 aliphatic rings. The van der Waals surface area contributed by atoms with Crippen LogP contribution >= 0.6 is 0 Å². The number of aromatic nitrogens is 2. The lowest BCUT2D eigenvalue weighted by molar-refractivity contribution is 0.587. The van der Waals surface area contributed by atoms with Crippen molar-refractivity contribution in [3.05, 3.63) is 72.4 Å². The van der Waals surface area contributed by atoms with Gasteiger partial charge in [-0.2, -0.15) is 0 Å². The minimum atomic E-state index is -3.89. The number of hydrogen-bond acceptors (Lipinski definition) is 4. The van der Waals surface area contributed by atoms with Gasteiger partial charge in [-0.25, -0.2) is 16.8 Å². The van der Waals surface area contributed by atoms with Gasteiger partial charge < -0.3 is 5.73 Å². The van der Waals surface area contributed by atoms with Crippen LogP contribution in [0.5, 0.6) is 0 Å². The Morgan fingerprint density at radius 2 is 1.91 bits per heavy atom. The first-order valence-corrected chi connectivity index (χ1v) is 8.30. The van der Waals surface area contributed by atoms with Crippen molar-refractivity contribution in [1.82, 2.24) is 8.96 Å². The summed E-state index contributed by atoms with van der Waals surface area (Å²) in [5, 5.41) is 0. The van der Waals surface area contributed by atoms with Crippen molar-refractivity contribution >= 4 is 10.0 Å². The summed E-state index contributed by atoms with van der Waals surface area (Å²) in [6.45, 7) is 0.232. The summed E-state index contributed by atoms with van der Waals surface area (Å²) in [4.78, 5) is 4.01. The smallest absolute Gasteiger partial charge is 0.269 e. The molecule has 0 bridgehead atoms. The van der Waals surface area contributed by atoms with Gasteiger partial charge in [0.1, 0.15) is 10.7 Å². The molecule has 0 aliphatic carbocycles. The molecule has 3 aromatic rings. The van der Waals surface area contributed by atoms with Gasteiger partial charge in [0, 0.05) is 30.7 Å². The molecule has 0 spiro atoms. The maximum absolute atomic E-state index is 14.0. The molecule has 0 saturated heterocycles. The highest BCUT2D eigenvalue weighted by Gasteiger charge is 2.23. The molecule has 2 aromatic heterocycles. The average Bonchev–Trinajstić information content (AvgIpc) is 3.05. The van der Waals surface area contributed by atoms with Crippen LogP contribution in [0.25, 0.3) is 11.3 Å². The minimum Gasteiger partial charge on any atom is -0.326 e. The summed E-state index contributed by atoms with van der Waals surface area (Å²) in [7, 11) is -3.89. The SMILES string of the molecule is NCc1ccn(S(=O)(=O)c2cccnc2-c2ccccc2F)c1. The Labute approximate surface area is 133 Å². The number of pyridine rings is 1. The van der Waals surface area contributed by atoms with E-state index in [1.807, 2.05) is 0 Å². The van der Waals surface area contributed by atoms with Gasteiger partial charge in [0.2, 0.25) is 0 Å². The average molecular weight is 331 g/mol. The Balaban J connectivity index is 2.19. The molecule has 0 amide bonds. The predicted molar refractivity (Wildman–Crippen MR) is 84.5 cm³/mol. The largest absolute Gasteiger partial charge is 0.326 e. The summed E-state index contributed by atoms with van der Waals surface area (Å²) in [5.74, 6) is -0.530. The van der Waals surface area contributed by atoms with Crippen molar-refractivity contribution in [2.75, 3.05) is 0 Å². The van der Waals surface area contributed by atoms with E-state index >= 15 is 0 Å². The first-order valence-electron chi connectivity index (χ1n) is 6.86. The fourth-order valence-corrected chi connectivity index (χ4v) is 3.64. The molecule has 0 fully saturated rings. The lowest BCUT2D eigenvalue weighted by Crippen LogP contribution is -2.13. The molecule has 5 nitrogen and oxygen atoms in total. The van der Waals surface area contributed by atoms with Crippen LogP contribution in [-0.4, -0.2) is 17.4 Å². The molecule has 1 aromatic carbocycles. The predicted octanol–water partition coefficient (Wildman–Crippen LogP) is 2.38. The Morgan fingerprint density at radius 1 is 1.13 bits per heavy atom. The van der Waals surface area contributed by atoms with Crippen molar-refractivity contribution in [1.29, 1.82) is 0 Å². The molecule has 7 heteroatoms. The third-order valence-electron chi connectivity index (χ3n) is 3.42. The van der Waals surface area contributed by atoms with E-state index in [4.69, 9.17) is 5.73 Å². The van der Waals surface area contributed by atoms with Gasteiger partial charge in [0.05, 0.1) is 5.69 Å². The van der Waals surface area contributed by atoms with Crippen LogP contribution < -0.4 is 5.73 Å². The van der Waals surface area contributed by atoms with E-state index in [2.05, 4.69) is 4.98 Å². The second-order valence-corrected chi connectivity index (χ2v) is 6.70. The molecule has 0 radical (unpaired) electrons. The van der Waals surface area contributed by atoms with Crippen LogP contribution in [0.3, 0.4) is 0 Å². The van der Waals surface area contributed by atoms with E-state index in [1.165, 1.54) is 48.9 Å². The third-order valence-corrected chi connectivity index (χ3v) is 5.09. The first-order chi connectivity index (χ1) is 11.0. The molecule has 118 valence electrons. The second kappa shape index (κ2) is 5.94. The van der Waals surface area contributed by atoms with Gasteiger partial charge in [-0.3, -0.25) is 4.98 Å². The number of nitrogens with zero attached hydrogens (tertiary/aromatic N) is 2. The molecule has 2 N–H and O–H groups in total. The number of halogens is 1. The highest BCUT2D eigenvalue weighted by molar-refractivity contribution is 7.90. The highest BCUT2D eigenvalue weighted by atomic mass is 32.2. The number of nitrogens with two attached hydrogens (primary N) is 1. The van der Waals surface area contributed by atoms with E-state index in [1.54, 1.807) is 12.1 Å². The highest BCUT2D eigenvalue weighted by Crippen LogP contribution is 2.28. The van der Waals surface area contributed by atoms with Gasteiger partial charge in [-0.05, 0) is 35.9 Å². The Bertz CT molecular complexity index is 951. The van der Waals surface area contributed by atoms with Crippen molar-refractivity contribution in [3.8, 4) is 11.3 Å². The standard InChI is InChI=1S/C16H14FN3O2S/c17-14-5-2-1-4-13(14)16-15(6-3-8-19-16)23(21,22)20-9-7-12(10-18)11-20/h1-9,11H,10,18H2. The second-order valence-electron chi connectivity index (χ2n) is 4.89. The van der Waals surface area contributed by atoms with Crippen LogP contribution in [0.15, 0.2) is 66.0 Å². The van der Waals surface area contributed by atoms with Gasteiger partial charge in [0.15, 0.2) is 0 Å². The zero-order valence-corrected chi connectivity index (χ0v) is 12.9. The number of benzene rings is 1. The zero-order chi connectivity index (χ0) is 16.4. The summed E-state index contributed by atoms with van der Waals surface area (Å²) in [6.07, 6.45) is 4.28. The van der Waals surface area contributed by atoms with E-state index in [9.17, 15) is 12.8 Å². The van der Waals surface area contributed by atoms with Gasteiger partial charge in [0.25, 0.3) is 10.0 Å².